The van der Waals surface area contributed by atoms with Crippen LogP contribution in [-0.4, -0.2) is 12.5 Å². The van der Waals surface area contributed by atoms with Crippen LogP contribution in [0.4, 0.5) is 22.4 Å². The summed E-state index contributed by atoms with van der Waals surface area (Å²) in [7, 11) is 0. The molecule has 19 heavy (non-hydrogen) atoms. The Kier molecular flexibility index (Phi) is 4.16. The molecule has 0 aromatic heterocycles. The predicted molar refractivity (Wildman–Crippen MR) is 52.1 cm³/mol. The molecule has 9 heteroatoms. The molecule has 1 atom stereocenters. The number of alkyl halides is 3. The maximum absolute atomic E-state index is 13.3. The smallest absolute Gasteiger partial charge is 0.426 e. The second kappa shape index (κ2) is 5.43. The van der Waals surface area contributed by atoms with E-state index in [1.807, 2.05) is 0 Å². The molecule has 1 aromatic carbocycles. The Labute approximate surface area is 104 Å². The van der Waals surface area contributed by atoms with Gasteiger partial charge in [0.2, 0.25) is 6.10 Å². The maximum atomic E-state index is 13.3. The number of halogens is 4. The number of nitriles is 1. The van der Waals surface area contributed by atoms with Crippen LogP contribution in [0.1, 0.15) is 11.7 Å². The Morgan fingerprint density at radius 2 is 2.05 bits per heavy atom. The molecular formula is C10H6F4N2O3. The zero-order valence-electron chi connectivity index (χ0n) is 9.07. The molecule has 1 unspecified atom stereocenters. The van der Waals surface area contributed by atoms with Gasteiger partial charge in [-0.15, -0.1) is 13.2 Å². The molecule has 1 rings (SSSR count). The van der Waals surface area contributed by atoms with E-state index in [1.54, 1.807) is 0 Å². The van der Waals surface area contributed by atoms with Crippen molar-refractivity contribution in [3.8, 4) is 11.8 Å². The number of primary amides is 1. The molecule has 0 spiro atoms. The fourth-order valence-corrected chi connectivity index (χ4v) is 1.17. The third-order valence-corrected chi connectivity index (χ3v) is 1.84. The van der Waals surface area contributed by atoms with Gasteiger partial charge in [0.15, 0.2) is 11.6 Å². The summed E-state index contributed by atoms with van der Waals surface area (Å²) in [4.78, 5) is 10.5. The number of benzene rings is 1. The number of carbonyl (C=O) groups excluding carboxylic acids is 1. The number of rotatable bonds is 3. The summed E-state index contributed by atoms with van der Waals surface area (Å²) in [6.07, 6.45) is -7.84. The number of nitrogens with zero attached hydrogens (tertiary/aromatic N) is 1. The molecular weight excluding hydrogens is 272 g/mol. The van der Waals surface area contributed by atoms with Crippen LogP contribution < -0.4 is 10.5 Å². The van der Waals surface area contributed by atoms with Gasteiger partial charge in [-0.2, -0.15) is 5.26 Å². The van der Waals surface area contributed by atoms with E-state index in [0.29, 0.717) is 12.1 Å². The lowest BCUT2D eigenvalue weighted by molar-refractivity contribution is -0.275. The van der Waals surface area contributed by atoms with Gasteiger partial charge < -0.3 is 15.2 Å². The summed E-state index contributed by atoms with van der Waals surface area (Å²) < 4.78 is 56.7. The minimum absolute atomic E-state index is 0.173. The Morgan fingerprint density at radius 1 is 1.42 bits per heavy atom. The van der Waals surface area contributed by atoms with Crippen LogP contribution in [0, 0.1) is 17.1 Å². The third kappa shape index (κ3) is 4.34. The van der Waals surface area contributed by atoms with E-state index in [0.717, 1.165) is 6.07 Å². The van der Waals surface area contributed by atoms with E-state index in [9.17, 15) is 22.4 Å². The second-order valence-electron chi connectivity index (χ2n) is 3.18. The van der Waals surface area contributed by atoms with Crippen molar-refractivity contribution in [1.29, 1.82) is 5.26 Å². The molecule has 0 aliphatic carbocycles. The van der Waals surface area contributed by atoms with E-state index in [4.69, 9.17) is 5.26 Å². The van der Waals surface area contributed by atoms with Gasteiger partial charge in [-0.3, -0.25) is 0 Å². The van der Waals surface area contributed by atoms with Gasteiger partial charge in [-0.05, 0) is 12.1 Å². The molecule has 0 aliphatic rings. The average Bonchev–Trinajstić information content (AvgIpc) is 2.27. The number of nitrogens with two attached hydrogens (primary N) is 1. The van der Waals surface area contributed by atoms with E-state index in [1.165, 1.54) is 6.07 Å². The zero-order valence-corrected chi connectivity index (χ0v) is 9.07. The first-order valence-electron chi connectivity index (χ1n) is 4.64. The highest BCUT2D eigenvalue weighted by Crippen LogP contribution is 2.28. The topological polar surface area (TPSA) is 85.3 Å². The molecule has 0 fully saturated rings. The molecule has 2 N–H and O–H groups in total. The maximum Gasteiger partial charge on any atom is 0.573 e. The third-order valence-electron chi connectivity index (χ3n) is 1.84. The first-order valence-corrected chi connectivity index (χ1v) is 4.64. The van der Waals surface area contributed by atoms with Crippen molar-refractivity contribution in [3.63, 3.8) is 0 Å². The van der Waals surface area contributed by atoms with Crippen molar-refractivity contribution in [3.05, 3.63) is 29.6 Å². The van der Waals surface area contributed by atoms with Gasteiger partial charge in [0, 0.05) is 5.56 Å². The molecule has 0 saturated heterocycles. The van der Waals surface area contributed by atoms with E-state index >= 15 is 0 Å². The monoisotopic (exact) mass is 278 g/mol. The lowest BCUT2D eigenvalue weighted by Crippen LogP contribution is -2.18. The van der Waals surface area contributed by atoms with E-state index in [-0.39, 0.29) is 5.56 Å². The number of carbonyl (C=O) groups is 1. The fraction of sp³-hybridized carbons (Fsp3) is 0.200. The summed E-state index contributed by atoms with van der Waals surface area (Å²) in [5, 5.41) is 8.66. The minimum atomic E-state index is -5.04. The Balaban J connectivity index is 2.99. The largest absolute Gasteiger partial charge is 0.573 e. The average molecular weight is 278 g/mol. The minimum Gasteiger partial charge on any atom is -0.426 e. The highest BCUT2D eigenvalue weighted by molar-refractivity contribution is 5.65. The summed E-state index contributed by atoms with van der Waals surface area (Å²) in [5.41, 5.74) is 4.51. The second-order valence-corrected chi connectivity index (χ2v) is 3.18. The number of ether oxygens (including phenoxy) is 2. The molecule has 0 radical (unpaired) electrons. The molecule has 0 heterocycles. The highest BCUT2D eigenvalue weighted by Gasteiger charge is 2.32. The summed E-state index contributed by atoms with van der Waals surface area (Å²) in [6.45, 7) is 0. The van der Waals surface area contributed by atoms with Crippen molar-refractivity contribution in [2.45, 2.75) is 12.5 Å². The van der Waals surface area contributed by atoms with Crippen LogP contribution in [0.25, 0.3) is 0 Å². The van der Waals surface area contributed by atoms with Crippen molar-refractivity contribution >= 4 is 6.09 Å². The first-order chi connectivity index (χ1) is 8.73. The lowest BCUT2D eigenvalue weighted by Gasteiger charge is -2.12. The van der Waals surface area contributed by atoms with Gasteiger partial charge >= 0.3 is 12.5 Å². The molecule has 0 saturated carbocycles. The molecule has 1 aromatic rings. The highest BCUT2D eigenvalue weighted by atomic mass is 19.4. The van der Waals surface area contributed by atoms with E-state index in [2.05, 4.69) is 15.2 Å². The van der Waals surface area contributed by atoms with Gasteiger partial charge in [-0.25, -0.2) is 9.18 Å². The van der Waals surface area contributed by atoms with Crippen molar-refractivity contribution < 1.29 is 31.8 Å². The lowest BCUT2D eigenvalue weighted by atomic mass is 10.1. The quantitative estimate of drug-likeness (QED) is 0.860. The van der Waals surface area contributed by atoms with Gasteiger partial charge in [0.05, 0.1) is 0 Å². The summed E-state index contributed by atoms with van der Waals surface area (Å²) in [5.74, 6) is -2.42. The molecule has 5 nitrogen and oxygen atoms in total. The zero-order chi connectivity index (χ0) is 14.6. The van der Waals surface area contributed by atoms with Gasteiger partial charge in [-0.1, -0.05) is 6.07 Å². The van der Waals surface area contributed by atoms with Crippen LogP contribution in [0.5, 0.6) is 5.75 Å². The normalized spacial score (nSPS) is 12.4. The molecule has 0 bridgehead atoms. The molecule has 0 aliphatic heterocycles. The predicted octanol–water partition coefficient (Wildman–Crippen LogP) is 2.38. The van der Waals surface area contributed by atoms with E-state index < -0.39 is 30.1 Å². The van der Waals surface area contributed by atoms with Gasteiger partial charge in [0.1, 0.15) is 6.07 Å². The van der Waals surface area contributed by atoms with Crippen LogP contribution >= 0.6 is 0 Å². The van der Waals surface area contributed by atoms with Crippen LogP contribution in [-0.2, 0) is 4.74 Å². The Bertz CT molecular complexity index is 524. The van der Waals surface area contributed by atoms with Crippen LogP contribution in [0.3, 0.4) is 0 Å². The Hall–Kier alpha value is -2.50. The summed E-state index contributed by atoms with van der Waals surface area (Å²) >= 11 is 0. The Morgan fingerprint density at radius 3 is 2.47 bits per heavy atom. The van der Waals surface area contributed by atoms with Gasteiger partial charge in [0.25, 0.3) is 0 Å². The van der Waals surface area contributed by atoms with Crippen molar-refractivity contribution in [1.82, 2.24) is 0 Å². The SMILES string of the molecule is N#CC(OC(N)=O)c1ccc(OC(F)(F)F)c(F)c1. The molecule has 1 amide bonds. The van der Waals surface area contributed by atoms with Crippen LogP contribution in [0.2, 0.25) is 0 Å². The fourth-order valence-electron chi connectivity index (χ4n) is 1.17. The standard InChI is InChI=1S/C10H6F4N2O3/c11-6-3-5(8(4-15)18-9(16)17)1-2-7(6)19-10(12,13)14/h1-3,8H,(H2,16,17). The van der Waals surface area contributed by atoms with Crippen LogP contribution in [0.15, 0.2) is 18.2 Å². The molecule has 102 valence electrons. The number of hydrogen-bond donors (Lipinski definition) is 1. The summed E-state index contributed by atoms with van der Waals surface area (Å²) in [6, 6.07) is 3.68. The van der Waals surface area contributed by atoms with Crippen molar-refractivity contribution in [2.24, 2.45) is 5.73 Å². The van der Waals surface area contributed by atoms with Crippen molar-refractivity contribution in [2.75, 3.05) is 0 Å². The first kappa shape index (κ1) is 14.6. The number of amides is 1. The number of hydrogen-bond acceptors (Lipinski definition) is 4.